The second-order valence-corrected chi connectivity index (χ2v) is 12.8. The molecule has 0 amide bonds. The summed E-state index contributed by atoms with van der Waals surface area (Å²) >= 11 is 0. The molecule has 5 nitrogen and oxygen atoms in total. The first-order chi connectivity index (χ1) is 15.8. The van der Waals surface area contributed by atoms with Crippen LogP contribution in [0.2, 0.25) is 0 Å². The quantitative estimate of drug-likeness (QED) is 0.253. The average molecular weight is 497 g/mol. The smallest absolute Gasteiger partial charge is 0.487 e. The third-order valence-electron chi connectivity index (χ3n) is 7.55. The lowest BCUT2D eigenvalue weighted by molar-refractivity contribution is 0.0513. The summed E-state index contributed by atoms with van der Waals surface area (Å²) in [7, 11) is -4.58. The molecule has 1 aromatic carbocycles. The van der Waals surface area contributed by atoms with Crippen molar-refractivity contribution in [2.24, 2.45) is 17.8 Å². The van der Waals surface area contributed by atoms with Crippen molar-refractivity contribution in [3.8, 4) is 11.5 Å². The summed E-state index contributed by atoms with van der Waals surface area (Å²) in [6, 6.07) is 1.69. The predicted molar refractivity (Wildman–Crippen MR) is 141 cm³/mol. The Kier molecular flexibility index (Phi) is 11.0. The van der Waals surface area contributed by atoms with E-state index in [0.717, 1.165) is 65.9 Å². The summed E-state index contributed by atoms with van der Waals surface area (Å²) in [6.45, 7) is 15.4. The molecule has 0 saturated heterocycles. The minimum absolute atomic E-state index is 0.194. The van der Waals surface area contributed by atoms with Gasteiger partial charge in [0, 0.05) is 5.56 Å². The van der Waals surface area contributed by atoms with E-state index in [2.05, 4.69) is 34.6 Å². The first kappa shape index (κ1) is 29.2. The maximum atomic E-state index is 11.3. The highest BCUT2D eigenvalue weighted by atomic mass is 31.2. The van der Waals surface area contributed by atoms with E-state index in [-0.39, 0.29) is 11.4 Å². The van der Waals surface area contributed by atoms with E-state index in [4.69, 9.17) is 9.26 Å². The summed E-state index contributed by atoms with van der Waals surface area (Å²) in [6.07, 6.45) is 13.3. The normalized spacial score (nSPS) is 20.1. The van der Waals surface area contributed by atoms with Gasteiger partial charge in [0.15, 0.2) is 0 Å². The lowest BCUT2D eigenvalue weighted by Crippen LogP contribution is -2.37. The van der Waals surface area contributed by atoms with E-state index in [1.54, 1.807) is 6.07 Å². The van der Waals surface area contributed by atoms with Gasteiger partial charge in [0.1, 0.15) is 17.1 Å². The Morgan fingerprint density at radius 2 is 1.56 bits per heavy atom. The van der Waals surface area contributed by atoms with E-state index in [0.29, 0.717) is 0 Å². The SMILES string of the molecule is Cc1cc(OP(=O)(O)O)c(C)c2c1OC(C)(CCCC(C)CCCC(C)CCCC(C)C)CC2. The van der Waals surface area contributed by atoms with E-state index in [1.165, 1.54) is 44.9 Å². The number of hydrogen-bond acceptors (Lipinski definition) is 3. The molecule has 3 atom stereocenters. The fourth-order valence-corrected chi connectivity index (χ4v) is 5.70. The van der Waals surface area contributed by atoms with Gasteiger partial charge in [-0.3, -0.25) is 9.79 Å². The number of hydrogen-bond donors (Lipinski definition) is 2. The molecular formula is C28H49O5P. The molecule has 0 bridgehead atoms. The number of rotatable bonds is 14. The fourth-order valence-electron chi connectivity index (χ4n) is 5.26. The predicted octanol–water partition coefficient (Wildman–Crippen LogP) is 8.30. The van der Waals surface area contributed by atoms with Gasteiger partial charge < -0.3 is 9.26 Å². The molecule has 2 N–H and O–H groups in total. The zero-order valence-corrected chi connectivity index (χ0v) is 23.5. The van der Waals surface area contributed by atoms with Crippen LogP contribution in [-0.2, 0) is 11.0 Å². The summed E-state index contributed by atoms with van der Waals surface area (Å²) in [4.78, 5) is 18.4. The molecule has 3 unspecified atom stereocenters. The van der Waals surface area contributed by atoms with Crippen LogP contribution in [0.4, 0.5) is 0 Å². The molecule has 0 aliphatic carbocycles. The highest BCUT2D eigenvalue weighted by molar-refractivity contribution is 7.46. The van der Waals surface area contributed by atoms with Gasteiger partial charge in [-0.15, -0.1) is 0 Å². The number of aryl methyl sites for hydroxylation is 1. The van der Waals surface area contributed by atoms with E-state index < -0.39 is 7.82 Å². The number of benzene rings is 1. The molecule has 1 aromatic rings. The molecule has 0 aromatic heterocycles. The van der Waals surface area contributed by atoms with Crippen LogP contribution < -0.4 is 9.26 Å². The van der Waals surface area contributed by atoms with E-state index in [1.807, 2.05) is 13.8 Å². The van der Waals surface area contributed by atoms with Crippen molar-refractivity contribution in [2.45, 2.75) is 125 Å². The van der Waals surface area contributed by atoms with Crippen LogP contribution in [0.25, 0.3) is 0 Å². The number of phosphoric acid groups is 1. The van der Waals surface area contributed by atoms with Gasteiger partial charge in [0.25, 0.3) is 0 Å². The first-order valence-corrected chi connectivity index (χ1v) is 14.9. The standard InChI is InChI=1S/C28H49O5P/c1-20(2)11-8-12-21(3)13-9-14-22(4)15-10-17-28(7)18-16-25-24(6)26(33-34(29,30)31)19-23(5)27(25)32-28/h19-22H,8-18H2,1-7H3,(H2,29,30,31). The van der Waals surface area contributed by atoms with Crippen LogP contribution in [0, 0.1) is 31.6 Å². The van der Waals surface area contributed by atoms with Crippen LogP contribution in [-0.4, -0.2) is 15.4 Å². The van der Waals surface area contributed by atoms with Crippen LogP contribution in [0.15, 0.2) is 6.07 Å². The number of ether oxygens (including phenoxy) is 1. The van der Waals surface area contributed by atoms with Crippen molar-refractivity contribution in [1.29, 1.82) is 0 Å². The van der Waals surface area contributed by atoms with Gasteiger partial charge in [-0.25, -0.2) is 4.57 Å². The minimum Gasteiger partial charge on any atom is -0.487 e. The van der Waals surface area contributed by atoms with Crippen LogP contribution in [0.1, 0.15) is 116 Å². The molecule has 0 spiro atoms. The molecule has 6 heteroatoms. The summed E-state index contributed by atoms with van der Waals surface area (Å²) in [5.41, 5.74) is 2.45. The minimum atomic E-state index is -4.58. The second kappa shape index (κ2) is 12.8. The maximum absolute atomic E-state index is 11.3. The van der Waals surface area contributed by atoms with Gasteiger partial charge >= 0.3 is 7.82 Å². The topological polar surface area (TPSA) is 76.0 Å². The Morgan fingerprint density at radius 1 is 1.00 bits per heavy atom. The van der Waals surface area contributed by atoms with Crippen molar-refractivity contribution >= 4 is 7.82 Å². The molecule has 1 aliphatic rings. The van der Waals surface area contributed by atoms with Crippen molar-refractivity contribution in [1.82, 2.24) is 0 Å². The van der Waals surface area contributed by atoms with E-state index >= 15 is 0 Å². The number of phosphoric ester groups is 1. The van der Waals surface area contributed by atoms with Crippen molar-refractivity contribution in [3.05, 3.63) is 22.8 Å². The zero-order valence-electron chi connectivity index (χ0n) is 22.7. The van der Waals surface area contributed by atoms with Gasteiger partial charge in [0.2, 0.25) is 0 Å². The Hall–Kier alpha value is -1.03. The Bertz CT molecular complexity index is 831. The molecule has 0 radical (unpaired) electrons. The van der Waals surface area contributed by atoms with Crippen molar-refractivity contribution < 1.29 is 23.6 Å². The molecule has 34 heavy (non-hydrogen) atoms. The van der Waals surface area contributed by atoms with Crippen LogP contribution in [0.3, 0.4) is 0 Å². The lowest BCUT2D eigenvalue weighted by atomic mass is 9.84. The molecule has 1 heterocycles. The van der Waals surface area contributed by atoms with Crippen LogP contribution in [0.5, 0.6) is 11.5 Å². The summed E-state index contributed by atoms with van der Waals surface area (Å²) in [5.74, 6) is 3.53. The third kappa shape index (κ3) is 9.55. The molecule has 0 saturated carbocycles. The van der Waals surface area contributed by atoms with Crippen LogP contribution >= 0.6 is 7.82 Å². The molecule has 0 fully saturated rings. The maximum Gasteiger partial charge on any atom is 0.524 e. The molecular weight excluding hydrogens is 447 g/mol. The second-order valence-electron chi connectivity index (χ2n) is 11.6. The summed E-state index contributed by atoms with van der Waals surface area (Å²) < 4.78 is 22.7. The Labute approximate surface area is 208 Å². The fraction of sp³-hybridized carbons (Fsp3) is 0.786. The molecule has 1 aliphatic heterocycles. The van der Waals surface area contributed by atoms with Gasteiger partial charge in [-0.05, 0) is 81.4 Å². The Balaban J connectivity index is 1.79. The van der Waals surface area contributed by atoms with Crippen molar-refractivity contribution in [2.75, 3.05) is 0 Å². The van der Waals surface area contributed by atoms with Gasteiger partial charge in [0.05, 0.1) is 0 Å². The zero-order chi connectivity index (χ0) is 25.5. The average Bonchev–Trinajstić information content (AvgIpc) is 2.70. The third-order valence-corrected chi connectivity index (χ3v) is 7.98. The first-order valence-electron chi connectivity index (χ1n) is 13.4. The Morgan fingerprint density at radius 3 is 2.12 bits per heavy atom. The highest BCUT2D eigenvalue weighted by Crippen LogP contribution is 2.46. The van der Waals surface area contributed by atoms with Gasteiger partial charge in [-0.2, -0.15) is 0 Å². The number of fused-ring (bicyclic) bond motifs is 1. The van der Waals surface area contributed by atoms with E-state index in [9.17, 15) is 14.4 Å². The monoisotopic (exact) mass is 496 g/mol. The summed E-state index contributed by atoms with van der Waals surface area (Å²) in [5, 5.41) is 0. The highest BCUT2D eigenvalue weighted by Gasteiger charge is 2.34. The van der Waals surface area contributed by atoms with Crippen molar-refractivity contribution in [3.63, 3.8) is 0 Å². The molecule has 2 rings (SSSR count). The largest absolute Gasteiger partial charge is 0.524 e. The molecule has 196 valence electrons. The van der Waals surface area contributed by atoms with Gasteiger partial charge in [-0.1, -0.05) is 72.6 Å². The lowest BCUT2D eigenvalue weighted by Gasteiger charge is -2.38.